The van der Waals surface area contributed by atoms with Gasteiger partial charge in [0.05, 0.1) is 23.4 Å². The van der Waals surface area contributed by atoms with E-state index in [1.54, 1.807) is 20.8 Å². The molecule has 2 amide bonds. The minimum Gasteiger partial charge on any atom is -0.467 e. The molecule has 0 bridgehead atoms. The van der Waals surface area contributed by atoms with Gasteiger partial charge in [0.1, 0.15) is 6.04 Å². The molecular formula is C23H25ClF3N3O4. The molecule has 0 spiro atoms. The number of esters is 1. The summed E-state index contributed by atoms with van der Waals surface area (Å²) in [6.45, 7) is 5.01. The Hall–Kier alpha value is -3.27. The highest BCUT2D eigenvalue weighted by Gasteiger charge is 2.37. The predicted octanol–water partition coefficient (Wildman–Crippen LogP) is 4.12. The maximum Gasteiger partial charge on any atom is 0.416 e. The number of halogens is 4. The second-order valence-corrected chi connectivity index (χ2v) is 9.00. The summed E-state index contributed by atoms with van der Waals surface area (Å²) in [5, 5.41) is 5.14. The summed E-state index contributed by atoms with van der Waals surface area (Å²) >= 11 is 5.96. The summed E-state index contributed by atoms with van der Waals surface area (Å²) in [7, 11) is 1.04. The Morgan fingerprint density at radius 3 is 2.21 bits per heavy atom. The lowest BCUT2D eigenvalue weighted by molar-refractivity contribution is -0.146. The van der Waals surface area contributed by atoms with Crippen molar-refractivity contribution in [2.75, 3.05) is 12.8 Å². The van der Waals surface area contributed by atoms with Crippen LogP contribution in [0.1, 0.15) is 48.3 Å². The van der Waals surface area contributed by atoms with Gasteiger partial charge in [0.25, 0.3) is 5.91 Å². The highest BCUT2D eigenvalue weighted by Crippen LogP contribution is 2.31. The number of hydrogen-bond acceptors (Lipinski definition) is 5. The molecule has 0 aliphatic carbocycles. The van der Waals surface area contributed by atoms with Crippen molar-refractivity contribution in [1.82, 2.24) is 10.6 Å². The van der Waals surface area contributed by atoms with Crippen LogP contribution in [0.3, 0.4) is 0 Å². The fraction of sp³-hybridized carbons (Fsp3) is 0.348. The molecule has 11 heteroatoms. The first-order valence-corrected chi connectivity index (χ1v) is 10.4. The fourth-order valence-electron chi connectivity index (χ4n) is 3.07. The Labute approximate surface area is 199 Å². The summed E-state index contributed by atoms with van der Waals surface area (Å²) in [4.78, 5) is 38.3. The summed E-state index contributed by atoms with van der Waals surface area (Å²) in [5.74, 6) is -2.40. The van der Waals surface area contributed by atoms with Crippen LogP contribution in [0.5, 0.6) is 0 Å². The van der Waals surface area contributed by atoms with Gasteiger partial charge in [-0.25, -0.2) is 4.79 Å². The van der Waals surface area contributed by atoms with Gasteiger partial charge in [-0.05, 0) is 41.3 Å². The molecule has 184 valence electrons. The second kappa shape index (κ2) is 10.3. The van der Waals surface area contributed by atoms with Crippen LogP contribution in [0.2, 0.25) is 5.02 Å². The number of anilines is 1. The molecule has 0 saturated carbocycles. The van der Waals surface area contributed by atoms with E-state index in [-0.39, 0.29) is 21.8 Å². The third kappa shape index (κ3) is 6.63. The van der Waals surface area contributed by atoms with Gasteiger partial charge in [0.2, 0.25) is 5.91 Å². The van der Waals surface area contributed by atoms with Gasteiger partial charge in [-0.3, -0.25) is 9.59 Å². The van der Waals surface area contributed by atoms with Crippen molar-refractivity contribution in [2.24, 2.45) is 5.41 Å². The number of alkyl halides is 3. The third-order valence-corrected chi connectivity index (χ3v) is 5.26. The highest BCUT2D eigenvalue weighted by molar-refractivity contribution is 6.33. The maximum absolute atomic E-state index is 13.2. The zero-order chi connectivity index (χ0) is 25.8. The van der Waals surface area contributed by atoms with Crippen molar-refractivity contribution >= 4 is 35.1 Å². The molecular weight excluding hydrogens is 475 g/mol. The molecule has 1 unspecified atom stereocenters. The molecule has 2 atom stereocenters. The molecule has 34 heavy (non-hydrogen) atoms. The van der Waals surface area contributed by atoms with Crippen LogP contribution >= 0.6 is 11.6 Å². The SMILES string of the molecule is COC(=O)C(NC(=O)[C@@H](NC(=O)c1ccc(N)c(Cl)c1)C(C)(C)C)c1cccc(C(F)(F)F)c1. The van der Waals surface area contributed by atoms with Gasteiger partial charge < -0.3 is 21.1 Å². The first kappa shape index (κ1) is 27.0. The van der Waals surface area contributed by atoms with E-state index in [1.807, 2.05) is 0 Å². The summed E-state index contributed by atoms with van der Waals surface area (Å²) in [5.41, 5.74) is 4.11. The minimum atomic E-state index is -4.65. The van der Waals surface area contributed by atoms with E-state index in [4.69, 9.17) is 17.3 Å². The van der Waals surface area contributed by atoms with E-state index >= 15 is 0 Å². The number of methoxy groups -OCH3 is 1. The Bertz CT molecular complexity index is 1080. The van der Waals surface area contributed by atoms with Crippen LogP contribution in [0.15, 0.2) is 42.5 Å². The number of hydrogen-bond donors (Lipinski definition) is 3. The van der Waals surface area contributed by atoms with Gasteiger partial charge >= 0.3 is 12.1 Å². The Morgan fingerprint density at radius 2 is 1.68 bits per heavy atom. The predicted molar refractivity (Wildman–Crippen MR) is 121 cm³/mol. The Balaban J connectivity index is 2.35. The number of nitrogens with two attached hydrogens (primary N) is 1. The number of rotatable bonds is 6. The molecule has 0 saturated heterocycles. The van der Waals surface area contributed by atoms with E-state index in [1.165, 1.54) is 24.3 Å². The molecule has 2 rings (SSSR count). The smallest absolute Gasteiger partial charge is 0.416 e. The molecule has 0 heterocycles. The zero-order valence-electron chi connectivity index (χ0n) is 18.9. The van der Waals surface area contributed by atoms with Crippen LogP contribution in [0.25, 0.3) is 0 Å². The lowest BCUT2D eigenvalue weighted by Crippen LogP contribution is -2.54. The van der Waals surface area contributed by atoms with E-state index < -0.39 is 47.0 Å². The van der Waals surface area contributed by atoms with Crippen molar-refractivity contribution in [3.63, 3.8) is 0 Å². The molecule has 0 aliphatic rings. The first-order chi connectivity index (χ1) is 15.6. The molecule has 0 fully saturated rings. The lowest BCUT2D eigenvalue weighted by atomic mass is 9.85. The van der Waals surface area contributed by atoms with Crippen LogP contribution < -0.4 is 16.4 Å². The second-order valence-electron chi connectivity index (χ2n) is 8.60. The zero-order valence-corrected chi connectivity index (χ0v) is 19.7. The molecule has 2 aromatic rings. The number of amides is 2. The topological polar surface area (TPSA) is 111 Å². The van der Waals surface area contributed by atoms with E-state index in [0.717, 1.165) is 25.3 Å². The van der Waals surface area contributed by atoms with E-state index in [2.05, 4.69) is 15.4 Å². The molecule has 0 radical (unpaired) electrons. The van der Waals surface area contributed by atoms with Crippen LogP contribution in [0.4, 0.5) is 18.9 Å². The van der Waals surface area contributed by atoms with Crippen LogP contribution in [-0.2, 0) is 20.5 Å². The molecule has 0 aromatic heterocycles. The first-order valence-electron chi connectivity index (χ1n) is 10.1. The number of carbonyl (C=O) groups excluding carboxylic acids is 3. The van der Waals surface area contributed by atoms with Crippen LogP contribution in [0, 0.1) is 5.41 Å². The van der Waals surface area contributed by atoms with Crippen molar-refractivity contribution < 1.29 is 32.3 Å². The number of carbonyl (C=O) groups is 3. The van der Waals surface area contributed by atoms with E-state index in [0.29, 0.717) is 0 Å². The molecule has 2 aromatic carbocycles. The van der Waals surface area contributed by atoms with Gasteiger partial charge in [0.15, 0.2) is 6.04 Å². The maximum atomic E-state index is 13.2. The third-order valence-electron chi connectivity index (χ3n) is 4.94. The Kier molecular flexibility index (Phi) is 8.20. The van der Waals surface area contributed by atoms with E-state index in [9.17, 15) is 27.6 Å². The molecule has 0 aliphatic heterocycles. The van der Waals surface area contributed by atoms with Crippen molar-refractivity contribution in [2.45, 2.75) is 39.0 Å². The van der Waals surface area contributed by atoms with Crippen LogP contribution in [-0.4, -0.2) is 30.9 Å². The highest BCUT2D eigenvalue weighted by atomic mass is 35.5. The number of ether oxygens (including phenoxy) is 1. The quantitative estimate of drug-likeness (QED) is 0.409. The minimum absolute atomic E-state index is 0.126. The van der Waals surface area contributed by atoms with Crippen molar-refractivity contribution in [3.05, 3.63) is 64.2 Å². The van der Waals surface area contributed by atoms with Gasteiger partial charge in [-0.1, -0.05) is 44.5 Å². The average molecular weight is 500 g/mol. The normalized spacial score (nSPS) is 13.5. The summed E-state index contributed by atoms with van der Waals surface area (Å²) in [6, 6.07) is 5.47. The van der Waals surface area contributed by atoms with Crippen molar-refractivity contribution in [1.29, 1.82) is 0 Å². The standard InChI is InChI=1S/C23H25ClF3N3O4/c1-22(2,3)18(30-19(31)13-8-9-16(28)15(24)11-13)20(32)29-17(21(33)34-4)12-6-5-7-14(10-12)23(25,26)27/h5-11,17-18H,28H2,1-4H3,(H,29,32)(H,30,31)/t17?,18-/m1/s1. The van der Waals surface area contributed by atoms with Gasteiger partial charge in [-0.15, -0.1) is 0 Å². The average Bonchev–Trinajstić information content (AvgIpc) is 2.75. The fourth-order valence-corrected chi connectivity index (χ4v) is 3.26. The number of nitrogen functional groups attached to an aromatic ring is 1. The largest absolute Gasteiger partial charge is 0.467 e. The van der Waals surface area contributed by atoms with Gasteiger partial charge in [-0.2, -0.15) is 13.2 Å². The van der Waals surface area contributed by atoms with Crippen molar-refractivity contribution in [3.8, 4) is 0 Å². The van der Waals surface area contributed by atoms with Gasteiger partial charge in [0, 0.05) is 5.56 Å². The number of nitrogens with one attached hydrogen (secondary N) is 2. The summed E-state index contributed by atoms with van der Waals surface area (Å²) < 4.78 is 44.1. The monoisotopic (exact) mass is 499 g/mol. The molecule has 7 nitrogen and oxygen atoms in total. The number of benzene rings is 2. The lowest BCUT2D eigenvalue weighted by Gasteiger charge is -2.31. The molecule has 4 N–H and O–H groups in total. The summed E-state index contributed by atoms with van der Waals surface area (Å²) in [6.07, 6.45) is -4.65. The Morgan fingerprint density at radius 1 is 1.03 bits per heavy atom.